The number of benzene rings is 1. The summed E-state index contributed by atoms with van der Waals surface area (Å²) >= 11 is 0. The van der Waals surface area contributed by atoms with Crippen LogP contribution in [-0.4, -0.2) is 58.0 Å². The van der Waals surface area contributed by atoms with Gasteiger partial charge in [0.25, 0.3) is 0 Å². The van der Waals surface area contributed by atoms with Crippen LogP contribution in [0.25, 0.3) is 0 Å². The van der Waals surface area contributed by atoms with Crippen molar-refractivity contribution >= 4 is 0 Å². The van der Waals surface area contributed by atoms with E-state index in [4.69, 9.17) is 14.2 Å². The number of methoxy groups -OCH3 is 2. The Balaban J connectivity index is 1.83. The molecule has 5 heteroatoms. The van der Waals surface area contributed by atoms with Gasteiger partial charge < -0.3 is 19.5 Å². The Labute approximate surface area is 127 Å². The van der Waals surface area contributed by atoms with Crippen LogP contribution in [0.3, 0.4) is 0 Å². The van der Waals surface area contributed by atoms with E-state index in [1.807, 2.05) is 18.2 Å². The van der Waals surface area contributed by atoms with Crippen LogP contribution >= 0.6 is 0 Å². The van der Waals surface area contributed by atoms with E-state index in [0.29, 0.717) is 6.04 Å². The molecule has 1 unspecified atom stereocenters. The Morgan fingerprint density at radius 2 is 2.00 bits per heavy atom. The molecule has 21 heavy (non-hydrogen) atoms. The largest absolute Gasteiger partial charge is 0.497 e. The first-order valence-electron chi connectivity index (χ1n) is 7.47. The van der Waals surface area contributed by atoms with E-state index in [1.54, 1.807) is 14.2 Å². The topological polar surface area (TPSA) is 43.0 Å². The molecule has 1 aromatic rings. The van der Waals surface area contributed by atoms with Crippen molar-refractivity contribution < 1.29 is 14.2 Å². The molecule has 1 aromatic carbocycles. The molecule has 1 atom stereocenters. The molecular formula is C16H26N2O3. The highest BCUT2D eigenvalue weighted by Crippen LogP contribution is 2.24. The van der Waals surface area contributed by atoms with Gasteiger partial charge in [0.15, 0.2) is 0 Å². The van der Waals surface area contributed by atoms with Crippen LogP contribution in [0.1, 0.15) is 12.5 Å². The standard InChI is InChI=1S/C16H26N2O3/c1-13(12-18-6-8-21-9-7-18)17-11-14-4-5-15(19-2)10-16(14)20-3/h4-5,10,13,17H,6-9,11-12H2,1-3H3. The quantitative estimate of drug-likeness (QED) is 0.826. The molecule has 1 aliphatic heterocycles. The van der Waals surface area contributed by atoms with Crippen LogP contribution in [0.4, 0.5) is 0 Å². The van der Waals surface area contributed by atoms with Crippen molar-refractivity contribution in [1.82, 2.24) is 10.2 Å². The second-order valence-electron chi connectivity index (χ2n) is 5.37. The summed E-state index contributed by atoms with van der Waals surface area (Å²) in [6.45, 7) is 7.79. The van der Waals surface area contributed by atoms with Gasteiger partial charge in [0.2, 0.25) is 0 Å². The Morgan fingerprint density at radius 1 is 1.24 bits per heavy atom. The zero-order valence-corrected chi connectivity index (χ0v) is 13.2. The molecule has 0 radical (unpaired) electrons. The van der Waals surface area contributed by atoms with Gasteiger partial charge in [-0.3, -0.25) is 4.90 Å². The van der Waals surface area contributed by atoms with Crippen molar-refractivity contribution in [2.24, 2.45) is 0 Å². The molecule has 1 saturated heterocycles. The van der Waals surface area contributed by atoms with Crippen molar-refractivity contribution in [2.75, 3.05) is 47.1 Å². The molecular weight excluding hydrogens is 268 g/mol. The van der Waals surface area contributed by atoms with Gasteiger partial charge in [-0.15, -0.1) is 0 Å². The number of rotatable bonds is 7. The van der Waals surface area contributed by atoms with Crippen LogP contribution in [0, 0.1) is 0 Å². The first kappa shape index (κ1) is 16.1. The SMILES string of the molecule is COc1ccc(CNC(C)CN2CCOCC2)c(OC)c1. The van der Waals surface area contributed by atoms with E-state index in [1.165, 1.54) is 0 Å². The van der Waals surface area contributed by atoms with E-state index in [-0.39, 0.29) is 0 Å². The normalized spacial score (nSPS) is 17.5. The van der Waals surface area contributed by atoms with Crippen molar-refractivity contribution in [3.05, 3.63) is 23.8 Å². The highest BCUT2D eigenvalue weighted by Gasteiger charge is 2.14. The fraction of sp³-hybridized carbons (Fsp3) is 0.625. The zero-order chi connectivity index (χ0) is 15.1. The van der Waals surface area contributed by atoms with E-state index in [0.717, 1.165) is 56.5 Å². The third-order valence-electron chi connectivity index (χ3n) is 3.77. The molecule has 0 aromatic heterocycles. The molecule has 1 heterocycles. The lowest BCUT2D eigenvalue weighted by atomic mass is 10.1. The van der Waals surface area contributed by atoms with Gasteiger partial charge in [0, 0.05) is 43.9 Å². The van der Waals surface area contributed by atoms with Gasteiger partial charge in [-0.25, -0.2) is 0 Å². The maximum atomic E-state index is 5.42. The second-order valence-corrected chi connectivity index (χ2v) is 5.37. The molecule has 0 aliphatic carbocycles. The maximum absolute atomic E-state index is 5.42. The van der Waals surface area contributed by atoms with E-state index >= 15 is 0 Å². The molecule has 0 spiro atoms. The Hall–Kier alpha value is -1.30. The molecule has 0 amide bonds. The molecule has 118 valence electrons. The minimum Gasteiger partial charge on any atom is -0.497 e. The summed E-state index contributed by atoms with van der Waals surface area (Å²) in [6, 6.07) is 6.36. The number of ether oxygens (including phenoxy) is 3. The Bertz CT molecular complexity index is 434. The summed E-state index contributed by atoms with van der Waals surface area (Å²) in [6.07, 6.45) is 0. The van der Waals surface area contributed by atoms with Gasteiger partial charge >= 0.3 is 0 Å². The average molecular weight is 294 g/mol. The predicted octanol–water partition coefficient (Wildman–Crippen LogP) is 1.51. The van der Waals surface area contributed by atoms with Crippen LogP contribution in [0.2, 0.25) is 0 Å². The van der Waals surface area contributed by atoms with E-state index in [2.05, 4.69) is 17.1 Å². The Morgan fingerprint density at radius 3 is 2.67 bits per heavy atom. The predicted molar refractivity (Wildman–Crippen MR) is 83.1 cm³/mol. The lowest BCUT2D eigenvalue weighted by molar-refractivity contribution is 0.0343. The lowest BCUT2D eigenvalue weighted by Crippen LogP contribution is -2.44. The zero-order valence-electron chi connectivity index (χ0n) is 13.2. The number of hydrogen-bond acceptors (Lipinski definition) is 5. The first-order valence-corrected chi connectivity index (χ1v) is 7.47. The molecule has 0 saturated carbocycles. The first-order chi connectivity index (χ1) is 10.2. The third-order valence-corrected chi connectivity index (χ3v) is 3.77. The Kier molecular flexibility index (Phi) is 6.29. The minimum atomic E-state index is 0.426. The lowest BCUT2D eigenvalue weighted by Gasteiger charge is -2.29. The highest BCUT2D eigenvalue weighted by molar-refractivity contribution is 5.40. The highest BCUT2D eigenvalue weighted by atomic mass is 16.5. The fourth-order valence-corrected chi connectivity index (χ4v) is 2.52. The monoisotopic (exact) mass is 294 g/mol. The summed E-state index contributed by atoms with van der Waals surface area (Å²) in [5, 5.41) is 3.56. The smallest absolute Gasteiger partial charge is 0.127 e. The van der Waals surface area contributed by atoms with Gasteiger partial charge in [-0.2, -0.15) is 0 Å². The molecule has 0 bridgehead atoms. The van der Waals surface area contributed by atoms with Crippen molar-refractivity contribution in [3.8, 4) is 11.5 Å². The number of nitrogens with zero attached hydrogens (tertiary/aromatic N) is 1. The number of hydrogen-bond donors (Lipinski definition) is 1. The third kappa shape index (κ3) is 4.88. The van der Waals surface area contributed by atoms with Gasteiger partial charge in [-0.1, -0.05) is 6.07 Å². The summed E-state index contributed by atoms with van der Waals surface area (Å²) in [7, 11) is 3.35. The maximum Gasteiger partial charge on any atom is 0.127 e. The molecule has 1 N–H and O–H groups in total. The van der Waals surface area contributed by atoms with Gasteiger partial charge in [0.1, 0.15) is 11.5 Å². The van der Waals surface area contributed by atoms with Crippen molar-refractivity contribution in [2.45, 2.75) is 19.5 Å². The van der Waals surface area contributed by atoms with Gasteiger partial charge in [0.05, 0.1) is 27.4 Å². The van der Waals surface area contributed by atoms with Crippen molar-refractivity contribution in [1.29, 1.82) is 0 Å². The second kappa shape index (κ2) is 8.22. The van der Waals surface area contributed by atoms with Crippen molar-refractivity contribution in [3.63, 3.8) is 0 Å². The molecule has 5 nitrogen and oxygen atoms in total. The average Bonchev–Trinajstić information content (AvgIpc) is 2.53. The molecule has 2 rings (SSSR count). The van der Waals surface area contributed by atoms with Crippen LogP contribution < -0.4 is 14.8 Å². The van der Waals surface area contributed by atoms with Crippen LogP contribution in [-0.2, 0) is 11.3 Å². The van der Waals surface area contributed by atoms with E-state index < -0.39 is 0 Å². The minimum absolute atomic E-state index is 0.426. The number of morpholine rings is 1. The van der Waals surface area contributed by atoms with E-state index in [9.17, 15) is 0 Å². The summed E-state index contributed by atoms with van der Waals surface area (Å²) in [4.78, 5) is 2.44. The molecule has 1 fully saturated rings. The van der Waals surface area contributed by atoms with Gasteiger partial charge in [-0.05, 0) is 13.0 Å². The molecule has 1 aliphatic rings. The fourth-order valence-electron chi connectivity index (χ4n) is 2.52. The summed E-state index contributed by atoms with van der Waals surface area (Å²) < 4.78 is 16.0. The number of nitrogens with one attached hydrogen (secondary N) is 1. The van der Waals surface area contributed by atoms with Crippen LogP contribution in [0.15, 0.2) is 18.2 Å². The summed E-state index contributed by atoms with van der Waals surface area (Å²) in [5.41, 5.74) is 1.15. The van der Waals surface area contributed by atoms with Crippen LogP contribution in [0.5, 0.6) is 11.5 Å². The summed E-state index contributed by atoms with van der Waals surface area (Å²) in [5.74, 6) is 1.68.